The maximum absolute atomic E-state index is 14.1. The lowest BCUT2D eigenvalue weighted by atomic mass is 10.1. The van der Waals surface area contributed by atoms with Gasteiger partial charge in [-0.1, -0.05) is 50.1 Å². The van der Waals surface area contributed by atoms with Crippen LogP contribution >= 0.6 is 11.6 Å². The normalized spacial score (nSPS) is 12.0. The predicted octanol–water partition coefficient (Wildman–Crippen LogP) is 6.01. The minimum absolute atomic E-state index is 0.000571. The quantitative estimate of drug-likeness (QED) is 0.243. The Kier molecular flexibility index (Phi) is 11.3. The standard InChI is InChI=1S/C31H37ClFN3O4S/c1-5-7-18-34-31(38)29(6-2)35(20-24-9-13-26(33)14-10-24)30(37)21-36(27-15-8-22(3)23(4)19-27)41(39,40)28-16-11-25(32)12-17-28/h8-17,19,29H,5-7,18,20-21H2,1-4H3,(H,34,38)/t29-/m1/s1. The molecule has 0 aliphatic rings. The fourth-order valence-electron chi connectivity index (χ4n) is 4.36. The van der Waals surface area contributed by atoms with Crippen LogP contribution in [-0.2, 0) is 26.2 Å². The molecule has 0 saturated heterocycles. The van der Waals surface area contributed by atoms with E-state index in [0.717, 1.165) is 28.3 Å². The largest absolute Gasteiger partial charge is 0.354 e. The third kappa shape index (κ3) is 8.30. The molecule has 0 heterocycles. The van der Waals surface area contributed by atoms with Crippen LogP contribution in [0.3, 0.4) is 0 Å². The number of rotatable bonds is 13. The average molecular weight is 602 g/mol. The Bertz CT molecular complexity index is 1450. The Morgan fingerprint density at radius 3 is 2.20 bits per heavy atom. The van der Waals surface area contributed by atoms with Gasteiger partial charge in [-0.05, 0) is 91.9 Å². The Hall–Kier alpha value is -3.43. The van der Waals surface area contributed by atoms with Crippen LogP contribution < -0.4 is 9.62 Å². The van der Waals surface area contributed by atoms with E-state index in [9.17, 15) is 22.4 Å². The molecule has 3 rings (SSSR count). The third-order valence-corrected chi connectivity index (χ3v) is 8.98. The summed E-state index contributed by atoms with van der Waals surface area (Å²) in [6.07, 6.45) is 1.98. The molecular formula is C31H37ClFN3O4S. The first-order chi connectivity index (χ1) is 19.5. The molecule has 10 heteroatoms. The SMILES string of the molecule is CCCCNC(=O)[C@@H](CC)N(Cc1ccc(F)cc1)C(=O)CN(c1ccc(C)c(C)c1)S(=O)(=O)c1ccc(Cl)cc1. The summed E-state index contributed by atoms with van der Waals surface area (Å²) < 4.78 is 42.5. The molecule has 0 aliphatic carbocycles. The molecule has 3 aromatic rings. The second-order valence-corrected chi connectivity index (χ2v) is 12.2. The minimum Gasteiger partial charge on any atom is -0.354 e. The van der Waals surface area contributed by atoms with Crippen LogP contribution in [0, 0.1) is 19.7 Å². The van der Waals surface area contributed by atoms with Crippen molar-refractivity contribution in [2.75, 3.05) is 17.4 Å². The van der Waals surface area contributed by atoms with Crippen molar-refractivity contribution in [3.05, 3.63) is 94.3 Å². The molecular weight excluding hydrogens is 565 g/mol. The number of nitrogens with one attached hydrogen (secondary N) is 1. The van der Waals surface area contributed by atoms with Gasteiger partial charge in [0.1, 0.15) is 18.4 Å². The summed E-state index contributed by atoms with van der Waals surface area (Å²) in [7, 11) is -4.20. The highest BCUT2D eigenvalue weighted by atomic mass is 35.5. The monoisotopic (exact) mass is 601 g/mol. The van der Waals surface area contributed by atoms with Crippen molar-refractivity contribution in [3.63, 3.8) is 0 Å². The van der Waals surface area contributed by atoms with Gasteiger partial charge >= 0.3 is 0 Å². The van der Waals surface area contributed by atoms with Crippen LogP contribution in [0.15, 0.2) is 71.6 Å². The van der Waals surface area contributed by atoms with Gasteiger partial charge in [0.15, 0.2) is 0 Å². The molecule has 0 aromatic heterocycles. The van der Waals surface area contributed by atoms with Crippen molar-refractivity contribution < 1.29 is 22.4 Å². The summed E-state index contributed by atoms with van der Waals surface area (Å²) in [5, 5.41) is 3.27. The molecule has 0 saturated carbocycles. The van der Waals surface area contributed by atoms with Gasteiger partial charge in [-0.25, -0.2) is 12.8 Å². The van der Waals surface area contributed by atoms with Gasteiger partial charge in [0.05, 0.1) is 10.6 Å². The molecule has 3 aromatic carbocycles. The van der Waals surface area contributed by atoms with Gasteiger partial charge in [-0.2, -0.15) is 0 Å². The van der Waals surface area contributed by atoms with Crippen molar-refractivity contribution in [2.45, 2.75) is 64.4 Å². The van der Waals surface area contributed by atoms with Crippen LogP contribution in [0.4, 0.5) is 10.1 Å². The Balaban J connectivity index is 2.05. The highest BCUT2D eigenvalue weighted by Crippen LogP contribution is 2.27. The zero-order valence-electron chi connectivity index (χ0n) is 23.9. The van der Waals surface area contributed by atoms with Gasteiger partial charge in [-0.15, -0.1) is 0 Å². The summed E-state index contributed by atoms with van der Waals surface area (Å²) >= 11 is 6.00. The fourth-order valence-corrected chi connectivity index (χ4v) is 5.89. The summed E-state index contributed by atoms with van der Waals surface area (Å²) in [6.45, 7) is 7.49. The number of carbonyl (C=O) groups excluding carboxylic acids is 2. The smallest absolute Gasteiger partial charge is 0.264 e. The third-order valence-electron chi connectivity index (χ3n) is 6.94. The second kappa shape index (κ2) is 14.5. The number of benzene rings is 3. The van der Waals surface area contributed by atoms with Crippen molar-refractivity contribution in [2.24, 2.45) is 0 Å². The molecule has 0 radical (unpaired) electrons. The average Bonchev–Trinajstić information content (AvgIpc) is 2.94. The van der Waals surface area contributed by atoms with Crippen LogP contribution in [0.5, 0.6) is 0 Å². The first kappa shape index (κ1) is 32.1. The zero-order valence-corrected chi connectivity index (χ0v) is 25.4. The Morgan fingerprint density at radius 1 is 0.951 bits per heavy atom. The highest BCUT2D eigenvalue weighted by molar-refractivity contribution is 7.92. The maximum atomic E-state index is 14.1. The van der Waals surface area contributed by atoms with E-state index in [-0.39, 0.29) is 17.3 Å². The number of hydrogen-bond donors (Lipinski definition) is 1. The van der Waals surface area contributed by atoms with Crippen molar-refractivity contribution in [3.8, 4) is 0 Å². The lowest BCUT2D eigenvalue weighted by Gasteiger charge is -2.33. The molecule has 220 valence electrons. The van der Waals surface area contributed by atoms with E-state index in [1.807, 2.05) is 20.8 Å². The molecule has 41 heavy (non-hydrogen) atoms. The predicted molar refractivity (Wildman–Crippen MR) is 161 cm³/mol. The molecule has 0 fully saturated rings. The first-order valence-corrected chi connectivity index (χ1v) is 15.5. The fraction of sp³-hybridized carbons (Fsp3) is 0.355. The lowest BCUT2D eigenvalue weighted by molar-refractivity contribution is -0.140. The molecule has 7 nitrogen and oxygen atoms in total. The molecule has 0 spiro atoms. The van der Waals surface area contributed by atoms with E-state index in [2.05, 4.69) is 5.32 Å². The van der Waals surface area contributed by atoms with Crippen LogP contribution in [-0.4, -0.2) is 44.3 Å². The van der Waals surface area contributed by atoms with Gasteiger partial charge in [-0.3, -0.25) is 13.9 Å². The van der Waals surface area contributed by atoms with E-state index < -0.39 is 34.3 Å². The summed E-state index contributed by atoms with van der Waals surface area (Å²) in [5.74, 6) is -1.32. The van der Waals surface area contributed by atoms with E-state index >= 15 is 0 Å². The van der Waals surface area contributed by atoms with Gasteiger partial charge in [0, 0.05) is 18.1 Å². The number of unbranched alkanes of at least 4 members (excludes halogenated alkanes) is 1. The number of anilines is 1. The Labute approximate surface area is 247 Å². The molecule has 0 unspecified atom stereocenters. The maximum Gasteiger partial charge on any atom is 0.264 e. The van der Waals surface area contributed by atoms with Crippen LogP contribution in [0.2, 0.25) is 5.02 Å². The second-order valence-electron chi connectivity index (χ2n) is 9.95. The number of nitrogens with zero attached hydrogens (tertiary/aromatic N) is 2. The van der Waals surface area contributed by atoms with E-state index in [1.54, 1.807) is 37.3 Å². The van der Waals surface area contributed by atoms with Gasteiger partial charge in [0.25, 0.3) is 10.0 Å². The number of halogens is 2. The number of aryl methyl sites for hydroxylation is 2. The van der Waals surface area contributed by atoms with Gasteiger partial charge < -0.3 is 10.2 Å². The number of sulfonamides is 1. The molecule has 0 aliphatic heterocycles. The van der Waals surface area contributed by atoms with Gasteiger partial charge in [0.2, 0.25) is 11.8 Å². The number of hydrogen-bond acceptors (Lipinski definition) is 4. The van der Waals surface area contributed by atoms with Crippen LogP contribution in [0.25, 0.3) is 0 Å². The topological polar surface area (TPSA) is 86.8 Å². The molecule has 0 bridgehead atoms. The molecule has 1 N–H and O–H groups in total. The lowest BCUT2D eigenvalue weighted by Crippen LogP contribution is -2.52. The first-order valence-electron chi connectivity index (χ1n) is 13.6. The van der Waals surface area contributed by atoms with Crippen LogP contribution in [0.1, 0.15) is 49.8 Å². The Morgan fingerprint density at radius 2 is 1.61 bits per heavy atom. The van der Waals surface area contributed by atoms with E-state index in [0.29, 0.717) is 29.2 Å². The molecule has 2 amide bonds. The minimum atomic E-state index is -4.20. The summed E-state index contributed by atoms with van der Waals surface area (Å²) in [4.78, 5) is 28.6. The summed E-state index contributed by atoms with van der Waals surface area (Å²) in [6, 6.07) is 15.7. The number of amides is 2. The highest BCUT2D eigenvalue weighted by Gasteiger charge is 2.33. The zero-order chi connectivity index (χ0) is 30.2. The van der Waals surface area contributed by atoms with Crippen molar-refractivity contribution >= 4 is 39.1 Å². The number of carbonyl (C=O) groups is 2. The summed E-state index contributed by atoms with van der Waals surface area (Å²) in [5.41, 5.74) is 2.75. The van der Waals surface area contributed by atoms with E-state index in [1.165, 1.54) is 41.3 Å². The van der Waals surface area contributed by atoms with E-state index in [4.69, 9.17) is 11.6 Å². The van der Waals surface area contributed by atoms with Crippen molar-refractivity contribution in [1.29, 1.82) is 0 Å². The molecule has 1 atom stereocenters. The van der Waals surface area contributed by atoms with Crippen molar-refractivity contribution in [1.82, 2.24) is 10.2 Å².